The number of phenols is 1. The highest BCUT2D eigenvalue weighted by molar-refractivity contribution is 6.30. The van der Waals surface area contributed by atoms with Gasteiger partial charge in [0.15, 0.2) is 0 Å². The predicted molar refractivity (Wildman–Crippen MR) is 56.1 cm³/mol. The Morgan fingerprint density at radius 1 is 1.43 bits per heavy atom. The third-order valence-electron chi connectivity index (χ3n) is 2.51. The maximum absolute atomic E-state index is 9.64. The Balaban J connectivity index is 2.47. The van der Waals surface area contributed by atoms with E-state index in [-0.39, 0.29) is 11.4 Å². The molecule has 0 unspecified atom stereocenters. The molecule has 2 nitrogen and oxygen atoms in total. The van der Waals surface area contributed by atoms with E-state index in [0.29, 0.717) is 10.8 Å². The summed E-state index contributed by atoms with van der Waals surface area (Å²) in [6.45, 7) is 4.07. The van der Waals surface area contributed by atoms with Gasteiger partial charge in [0, 0.05) is 10.6 Å². The minimum Gasteiger partial charge on any atom is -0.507 e. The van der Waals surface area contributed by atoms with Gasteiger partial charge in [0.2, 0.25) is 0 Å². The molecule has 3 heteroatoms. The molecular weight excluding hydrogens is 200 g/mol. The molecule has 0 aliphatic carbocycles. The lowest BCUT2D eigenvalue weighted by Gasteiger charge is -2.32. The van der Waals surface area contributed by atoms with E-state index in [9.17, 15) is 5.11 Å². The highest BCUT2D eigenvalue weighted by atomic mass is 35.5. The van der Waals surface area contributed by atoms with Crippen LogP contribution in [0.25, 0.3) is 0 Å². The van der Waals surface area contributed by atoms with Crippen molar-refractivity contribution in [1.82, 2.24) is 0 Å². The Kier molecular flexibility index (Phi) is 2.11. The molecule has 0 atom stereocenters. The van der Waals surface area contributed by atoms with Gasteiger partial charge in [0.1, 0.15) is 17.1 Å². The fraction of sp³-hybridized carbons (Fsp3) is 0.455. The molecule has 0 aromatic heterocycles. The van der Waals surface area contributed by atoms with E-state index in [1.165, 1.54) is 0 Å². The second kappa shape index (κ2) is 3.06. The average Bonchev–Trinajstić information content (AvgIpc) is 2.00. The number of ether oxygens (including phenoxy) is 1. The Bertz CT molecular complexity index is 372. The van der Waals surface area contributed by atoms with Crippen LogP contribution in [0.3, 0.4) is 0 Å². The molecule has 0 radical (unpaired) electrons. The number of aromatic hydroxyl groups is 1. The molecule has 0 bridgehead atoms. The number of halogens is 1. The molecule has 1 N–H and O–H groups in total. The molecule has 1 aliphatic rings. The van der Waals surface area contributed by atoms with Crippen LogP contribution in [0.2, 0.25) is 5.02 Å². The maximum atomic E-state index is 9.64. The van der Waals surface area contributed by atoms with Crippen LogP contribution in [0.4, 0.5) is 0 Å². The van der Waals surface area contributed by atoms with Crippen LogP contribution >= 0.6 is 11.6 Å². The summed E-state index contributed by atoms with van der Waals surface area (Å²) in [4.78, 5) is 0. The summed E-state index contributed by atoms with van der Waals surface area (Å²) in [5.74, 6) is 0.953. The van der Waals surface area contributed by atoms with E-state index in [0.717, 1.165) is 18.4 Å². The van der Waals surface area contributed by atoms with E-state index < -0.39 is 0 Å². The van der Waals surface area contributed by atoms with E-state index in [4.69, 9.17) is 16.3 Å². The zero-order chi connectivity index (χ0) is 10.3. The molecular formula is C11H13ClO2. The van der Waals surface area contributed by atoms with Crippen molar-refractivity contribution in [2.24, 2.45) is 0 Å². The lowest BCUT2D eigenvalue weighted by molar-refractivity contribution is 0.0837. The summed E-state index contributed by atoms with van der Waals surface area (Å²) in [5, 5.41) is 10.2. The quantitative estimate of drug-likeness (QED) is 0.716. The van der Waals surface area contributed by atoms with E-state index >= 15 is 0 Å². The van der Waals surface area contributed by atoms with Crippen LogP contribution < -0.4 is 4.74 Å². The van der Waals surface area contributed by atoms with Crippen LogP contribution in [0.1, 0.15) is 25.8 Å². The SMILES string of the molecule is CC1(C)CCc2c(O)cc(Cl)cc2O1. The van der Waals surface area contributed by atoms with Gasteiger partial charge in [-0.1, -0.05) is 11.6 Å². The summed E-state index contributed by atoms with van der Waals surface area (Å²) in [6, 6.07) is 3.32. The highest BCUT2D eigenvalue weighted by Gasteiger charge is 2.28. The molecule has 14 heavy (non-hydrogen) atoms. The van der Waals surface area contributed by atoms with Crippen molar-refractivity contribution in [1.29, 1.82) is 0 Å². The Labute approximate surface area is 88.5 Å². The molecule has 1 aliphatic heterocycles. The second-order valence-electron chi connectivity index (χ2n) is 4.26. The van der Waals surface area contributed by atoms with Gasteiger partial charge in [-0.3, -0.25) is 0 Å². The largest absolute Gasteiger partial charge is 0.507 e. The number of hydrogen-bond acceptors (Lipinski definition) is 2. The van der Waals surface area contributed by atoms with Crippen molar-refractivity contribution in [3.63, 3.8) is 0 Å². The Hall–Kier alpha value is -0.890. The van der Waals surface area contributed by atoms with Gasteiger partial charge in [-0.25, -0.2) is 0 Å². The molecule has 76 valence electrons. The van der Waals surface area contributed by atoms with Gasteiger partial charge in [-0.15, -0.1) is 0 Å². The molecule has 1 aromatic rings. The van der Waals surface area contributed by atoms with Crippen molar-refractivity contribution >= 4 is 11.6 Å². The minimum absolute atomic E-state index is 0.163. The van der Waals surface area contributed by atoms with Crippen molar-refractivity contribution in [2.75, 3.05) is 0 Å². The van der Waals surface area contributed by atoms with Crippen LogP contribution in [0, 0.1) is 0 Å². The zero-order valence-corrected chi connectivity index (χ0v) is 9.06. The average molecular weight is 213 g/mol. The first-order valence-electron chi connectivity index (χ1n) is 4.68. The van der Waals surface area contributed by atoms with Crippen LogP contribution in [0.5, 0.6) is 11.5 Å². The predicted octanol–water partition coefficient (Wildman–Crippen LogP) is 3.15. The number of phenolic OH excluding ortho intramolecular Hbond substituents is 1. The minimum atomic E-state index is -0.163. The molecule has 0 spiro atoms. The topological polar surface area (TPSA) is 29.5 Å². The molecule has 1 heterocycles. The Morgan fingerprint density at radius 2 is 2.14 bits per heavy atom. The number of benzene rings is 1. The summed E-state index contributed by atoms with van der Waals surface area (Å²) >= 11 is 5.84. The van der Waals surface area contributed by atoms with Crippen molar-refractivity contribution in [3.8, 4) is 11.5 Å². The first-order valence-corrected chi connectivity index (χ1v) is 5.06. The van der Waals surface area contributed by atoms with Gasteiger partial charge in [0.25, 0.3) is 0 Å². The van der Waals surface area contributed by atoms with Gasteiger partial charge >= 0.3 is 0 Å². The van der Waals surface area contributed by atoms with Crippen LogP contribution in [-0.4, -0.2) is 10.7 Å². The smallest absolute Gasteiger partial charge is 0.128 e. The van der Waals surface area contributed by atoms with Gasteiger partial charge in [0.05, 0.1) is 0 Å². The van der Waals surface area contributed by atoms with Gasteiger partial charge < -0.3 is 9.84 Å². The number of fused-ring (bicyclic) bond motifs is 1. The van der Waals surface area contributed by atoms with Crippen molar-refractivity contribution in [3.05, 3.63) is 22.7 Å². The molecule has 1 aromatic carbocycles. The fourth-order valence-corrected chi connectivity index (χ4v) is 1.92. The zero-order valence-electron chi connectivity index (χ0n) is 8.30. The molecule has 0 fully saturated rings. The lowest BCUT2D eigenvalue weighted by Crippen LogP contribution is -2.32. The third-order valence-corrected chi connectivity index (χ3v) is 2.73. The Morgan fingerprint density at radius 3 is 2.86 bits per heavy atom. The summed E-state index contributed by atoms with van der Waals surface area (Å²) in [7, 11) is 0. The van der Waals surface area contributed by atoms with E-state index in [1.807, 2.05) is 13.8 Å². The first-order chi connectivity index (χ1) is 6.48. The standard InChI is InChI=1S/C11H13ClO2/c1-11(2)4-3-8-9(13)5-7(12)6-10(8)14-11/h5-6,13H,3-4H2,1-2H3. The first kappa shape index (κ1) is 9.66. The van der Waals surface area contributed by atoms with Crippen LogP contribution in [0.15, 0.2) is 12.1 Å². The fourth-order valence-electron chi connectivity index (χ4n) is 1.72. The molecule has 0 saturated carbocycles. The van der Waals surface area contributed by atoms with E-state index in [2.05, 4.69) is 0 Å². The van der Waals surface area contributed by atoms with E-state index in [1.54, 1.807) is 12.1 Å². The number of hydrogen-bond donors (Lipinski definition) is 1. The summed E-state index contributed by atoms with van der Waals surface area (Å²) in [5.41, 5.74) is 0.707. The third kappa shape index (κ3) is 1.67. The molecule has 0 amide bonds. The summed E-state index contributed by atoms with van der Waals surface area (Å²) < 4.78 is 5.74. The summed E-state index contributed by atoms with van der Waals surface area (Å²) in [6.07, 6.45) is 1.75. The normalized spacial score (nSPS) is 18.5. The van der Waals surface area contributed by atoms with Gasteiger partial charge in [-0.05, 0) is 38.8 Å². The highest BCUT2D eigenvalue weighted by Crippen LogP contribution is 2.39. The monoisotopic (exact) mass is 212 g/mol. The number of rotatable bonds is 0. The van der Waals surface area contributed by atoms with Crippen molar-refractivity contribution in [2.45, 2.75) is 32.3 Å². The second-order valence-corrected chi connectivity index (χ2v) is 4.70. The van der Waals surface area contributed by atoms with Gasteiger partial charge in [-0.2, -0.15) is 0 Å². The lowest BCUT2D eigenvalue weighted by atomic mass is 9.94. The molecule has 0 saturated heterocycles. The maximum Gasteiger partial charge on any atom is 0.128 e. The molecule has 2 rings (SSSR count). The van der Waals surface area contributed by atoms with Crippen molar-refractivity contribution < 1.29 is 9.84 Å². The van der Waals surface area contributed by atoms with Crippen LogP contribution in [-0.2, 0) is 6.42 Å².